The second kappa shape index (κ2) is 8.75. The van der Waals surface area contributed by atoms with E-state index in [9.17, 15) is 4.39 Å². The number of ether oxygens (including phenoxy) is 1. The molecule has 0 unspecified atom stereocenters. The number of nitrogens with one attached hydrogen (secondary N) is 2. The first-order chi connectivity index (χ1) is 12.7. The molecule has 0 aliphatic heterocycles. The monoisotopic (exact) mass is 353 g/mol. The number of hydrogen-bond acceptors (Lipinski definition) is 6. The minimum Gasteiger partial charge on any atom is -0.497 e. The molecule has 7 heteroatoms. The van der Waals surface area contributed by atoms with E-state index in [2.05, 4.69) is 25.8 Å². The Morgan fingerprint density at radius 2 is 1.85 bits per heavy atom. The molecule has 0 saturated carbocycles. The third-order valence-electron chi connectivity index (χ3n) is 3.83. The second-order valence-corrected chi connectivity index (χ2v) is 5.64. The van der Waals surface area contributed by atoms with Crippen LogP contribution in [0.4, 0.5) is 16.2 Å². The molecular weight excluding hydrogens is 333 g/mol. The predicted octanol–water partition coefficient (Wildman–Crippen LogP) is 3.29. The van der Waals surface area contributed by atoms with Crippen molar-refractivity contribution in [2.24, 2.45) is 0 Å². The first kappa shape index (κ1) is 17.6. The molecule has 0 fully saturated rings. The van der Waals surface area contributed by atoms with Gasteiger partial charge in [-0.1, -0.05) is 30.3 Å². The summed E-state index contributed by atoms with van der Waals surface area (Å²) in [7, 11) is 1.65. The summed E-state index contributed by atoms with van der Waals surface area (Å²) in [6.45, 7) is 1.00. The normalized spacial score (nSPS) is 10.4. The van der Waals surface area contributed by atoms with Crippen LogP contribution in [0.3, 0.4) is 0 Å². The lowest BCUT2D eigenvalue weighted by molar-refractivity contribution is 0.414. The van der Waals surface area contributed by atoms with Gasteiger partial charge in [-0.2, -0.15) is 10.1 Å². The molecule has 0 radical (unpaired) electrons. The number of halogens is 1. The highest BCUT2D eigenvalue weighted by molar-refractivity contribution is 5.38. The van der Waals surface area contributed by atoms with E-state index in [4.69, 9.17) is 4.74 Å². The molecule has 2 aromatic carbocycles. The Morgan fingerprint density at radius 1 is 1.04 bits per heavy atom. The zero-order valence-corrected chi connectivity index (χ0v) is 14.4. The minimum atomic E-state index is -0.250. The van der Waals surface area contributed by atoms with Crippen LogP contribution in [-0.2, 0) is 13.0 Å². The zero-order chi connectivity index (χ0) is 18.2. The topological polar surface area (TPSA) is 72.0 Å². The van der Waals surface area contributed by atoms with E-state index in [0.717, 1.165) is 12.2 Å². The minimum absolute atomic E-state index is 0.250. The van der Waals surface area contributed by atoms with Crippen molar-refractivity contribution >= 4 is 11.8 Å². The largest absolute Gasteiger partial charge is 0.497 e. The number of hydrogen-bond donors (Lipinski definition) is 2. The molecule has 0 amide bonds. The predicted molar refractivity (Wildman–Crippen MR) is 98.7 cm³/mol. The van der Waals surface area contributed by atoms with Gasteiger partial charge in [0.2, 0.25) is 5.95 Å². The maximum absolute atomic E-state index is 13.6. The van der Waals surface area contributed by atoms with E-state index in [-0.39, 0.29) is 5.82 Å². The first-order valence-electron chi connectivity index (χ1n) is 8.28. The molecule has 134 valence electrons. The maximum atomic E-state index is 13.6. The average Bonchev–Trinajstić information content (AvgIpc) is 2.68. The van der Waals surface area contributed by atoms with Gasteiger partial charge >= 0.3 is 0 Å². The molecule has 26 heavy (non-hydrogen) atoms. The van der Waals surface area contributed by atoms with Crippen LogP contribution < -0.4 is 15.4 Å². The number of aromatic nitrogens is 3. The highest BCUT2D eigenvalue weighted by Gasteiger charge is 2.03. The summed E-state index contributed by atoms with van der Waals surface area (Å²) < 4.78 is 18.8. The van der Waals surface area contributed by atoms with E-state index in [0.29, 0.717) is 30.4 Å². The van der Waals surface area contributed by atoms with Gasteiger partial charge in [-0.3, -0.25) is 0 Å². The van der Waals surface area contributed by atoms with E-state index in [1.165, 1.54) is 17.8 Å². The van der Waals surface area contributed by atoms with Crippen LogP contribution in [0.1, 0.15) is 11.1 Å². The molecular formula is C19H20FN5O. The van der Waals surface area contributed by atoms with Crippen molar-refractivity contribution in [1.29, 1.82) is 0 Å². The van der Waals surface area contributed by atoms with Gasteiger partial charge in [-0.25, -0.2) is 4.39 Å². The summed E-state index contributed by atoms with van der Waals surface area (Å²) in [5, 5.41) is 14.1. The van der Waals surface area contributed by atoms with Crippen molar-refractivity contribution in [3.05, 3.63) is 71.7 Å². The standard InChI is InChI=1S/C19H20FN5O/c1-26-16-8-6-14(7-9-16)10-11-21-19-24-18(13-23-25-19)22-12-15-4-2-3-5-17(15)20/h2-9,13H,10-12H2,1H3,(H2,21,22,24,25). The van der Waals surface area contributed by atoms with Gasteiger partial charge < -0.3 is 15.4 Å². The van der Waals surface area contributed by atoms with Gasteiger partial charge in [0.15, 0.2) is 5.82 Å². The fraction of sp³-hybridized carbons (Fsp3) is 0.211. The van der Waals surface area contributed by atoms with Gasteiger partial charge in [-0.05, 0) is 30.2 Å². The summed E-state index contributed by atoms with van der Waals surface area (Å²) in [5.74, 6) is 1.55. The lowest BCUT2D eigenvalue weighted by Gasteiger charge is -2.08. The number of rotatable bonds is 8. The van der Waals surface area contributed by atoms with Gasteiger partial charge in [-0.15, -0.1) is 5.10 Å². The molecule has 2 N–H and O–H groups in total. The van der Waals surface area contributed by atoms with Gasteiger partial charge in [0, 0.05) is 18.7 Å². The Kier molecular flexibility index (Phi) is 5.92. The number of methoxy groups -OCH3 is 1. The molecule has 0 spiro atoms. The van der Waals surface area contributed by atoms with Gasteiger partial charge in [0.1, 0.15) is 11.6 Å². The third kappa shape index (κ3) is 4.89. The Balaban J connectivity index is 1.51. The summed E-state index contributed by atoms with van der Waals surface area (Å²) >= 11 is 0. The summed E-state index contributed by atoms with van der Waals surface area (Å²) in [4.78, 5) is 4.34. The van der Waals surface area contributed by atoms with E-state index in [1.54, 1.807) is 25.3 Å². The van der Waals surface area contributed by atoms with E-state index in [1.807, 2.05) is 24.3 Å². The Bertz CT molecular complexity index is 841. The molecule has 1 heterocycles. The average molecular weight is 353 g/mol. The highest BCUT2D eigenvalue weighted by atomic mass is 19.1. The SMILES string of the molecule is COc1ccc(CCNc2nncc(NCc3ccccc3F)n2)cc1. The number of nitrogens with zero attached hydrogens (tertiary/aromatic N) is 3. The van der Waals surface area contributed by atoms with E-state index < -0.39 is 0 Å². The zero-order valence-electron chi connectivity index (χ0n) is 14.4. The van der Waals surface area contributed by atoms with E-state index >= 15 is 0 Å². The molecule has 3 rings (SSSR count). The van der Waals surface area contributed by atoms with Crippen LogP contribution in [0.5, 0.6) is 5.75 Å². The number of anilines is 2. The number of benzene rings is 2. The van der Waals surface area contributed by atoms with Crippen molar-refractivity contribution in [3.8, 4) is 5.75 Å². The van der Waals surface area contributed by atoms with Crippen LogP contribution in [0.2, 0.25) is 0 Å². The maximum Gasteiger partial charge on any atom is 0.244 e. The Labute approximate surface area is 151 Å². The molecule has 0 aliphatic carbocycles. The fourth-order valence-corrected chi connectivity index (χ4v) is 2.40. The van der Waals surface area contributed by atoms with Crippen LogP contribution in [0.25, 0.3) is 0 Å². The first-order valence-corrected chi connectivity index (χ1v) is 8.28. The van der Waals surface area contributed by atoms with Crippen molar-refractivity contribution in [2.45, 2.75) is 13.0 Å². The smallest absolute Gasteiger partial charge is 0.244 e. The Hall–Kier alpha value is -3.22. The lowest BCUT2D eigenvalue weighted by atomic mass is 10.1. The molecule has 1 aromatic heterocycles. The van der Waals surface area contributed by atoms with Gasteiger partial charge in [0.25, 0.3) is 0 Å². The molecule has 0 atom stereocenters. The van der Waals surface area contributed by atoms with Crippen LogP contribution >= 0.6 is 0 Å². The summed E-state index contributed by atoms with van der Waals surface area (Å²) in [5.41, 5.74) is 1.75. The molecule has 3 aromatic rings. The van der Waals surface area contributed by atoms with Crippen molar-refractivity contribution < 1.29 is 9.13 Å². The van der Waals surface area contributed by atoms with Crippen LogP contribution in [-0.4, -0.2) is 28.8 Å². The van der Waals surface area contributed by atoms with Crippen molar-refractivity contribution in [3.63, 3.8) is 0 Å². The second-order valence-electron chi connectivity index (χ2n) is 5.64. The summed E-state index contributed by atoms with van der Waals surface area (Å²) in [6, 6.07) is 14.5. The summed E-state index contributed by atoms with van der Waals surface area (Å²) in [6.07, 6.45) is 2.33. The highest BCUT2D eigenvalue weighted by Crippen LogP contribution is 2.12. The van der Waals surface area contributed by atoms with Crippen molar-refractivity contribution in [1.82, 2.24) is 15.2 Å². The van der Waals surface area contributed by atoms with Crippen LogP contribution in [0.15, 0.2) is 54.7 Å². The van der Waals surface area contributed by atoms with Crippen LogP contribution in [0, 0.1) is 5.82 Å². The Morgan fingerprint density at radius 3 is 2.62 bits per heavy atom. The van der Waals surface area contributed by atoms with Crippen molar-refractivity contribution in [2.75, 3.05) is 24.3 Å². The molecule has 6 nitrogen and oxygen atoms in total. The fourth-order valence-electron chi connectivity index (χ4n) is 2.40. The quantitative estimate of drug-likeness (QED) is 0.647. The molecule has 0 saturated heterocycles. The third-order valence-corrected chi connectivity index (χ3v) is 3.83. The van der Waals surface area contributed by atoms with Gasteiger partial charge in [0.05, 0.1) is 13.3 Å². The molecule has 0 bridgehead atoms. The molecule has 0 aliphatic rings. The lowest BCUT2D eigenvalue weighted by Crippen LogP contribution is -2.11.